The summed E-state index contributed by atoms with van der Waals surface area (Å²) in [6.45, 7) is 6.15. The fourth-order valence-electron chi connectivity index (χ4n) is 1.93. The first-order valence-corrected chi connectivity index (χ1v) is 7.27. The molecular weight excluding hydrogens is 266 g/mol. The molecule has 21 heavy (non-hydrogen) atoms. The molecule has 2 aromatic rings. The van der Waals surface area contributed by atoms with E-state index in [1.807, 2.05) is 37.3 Å². The lowest BCUT2D eigenvalue weighted by molar-refractivity contribution is 0.317. The summed E-state index contributed by atoms with van der Waals surface area (Å²) >= 11 is 0. The highest BCUT2D eigenvalue weighted by Crippen LogP contribution is 2.20. The van der Waals surface area contributed by atoms with Crippen LogP contribution in [0.1, 0.15) is 25.8 Å². The van der Waals surface area contributed by atoms with Crippen LogP contribution in [-0.4, -0.2) is 23.3 Å². The van der Waals surface area contributed by atoms with E-state index in [9.17, 15) is 4.79 Å². The molecule has 0 fully saturated rings. The Morgan fingerprint density at radius 1 is 1.24 bits per heavy atom. The standard InChI is InChI=1S/C16H21N3O2/c1-3-9-21-14-7-5-12(6-8-14)15-10-13(11-17-4-2)16(20)19-18-15/h5-8,10,17H,3-4,9,11H2,1-2H3,(H,19,20). The van der Waals surface area contributed by atoms with Gasteiger partial charge in [0, 0.05) is 17.7 Å². The lowest BCUT2D eigenvalue weighted by atomic mass is 10.1. The lowest BCUT2D eigenvalue weighted by Crippen LogP contribution is -2.21. The van der Waals surface area contributed by atoms with E-state index in [2.05, 4.69) is 22.4 Å². The minimum atomic E-state index is -0.150. The number of hydrogen-bond donors (Lipinski definition) is 2. The van der Waals surface area contributed by atoms with E-state index in [1.165, 1.54) is 0 Å². The summed E-state index contributed by atoms with van der Waals surface area (Å²) in [6.07, 6.45) is 0.983. The first-order valence-electron chi connectivity index (χ1n) is 7.27. The molecule has 0 spiro atoms. The molecule has 1 aromatic carbocycles. The highest BCUT2D eigenvalue weighted by Gasteiger charge is 2.05. The Bertz CT molecular complexity index is 620. The van der Waals surface area contributed by atoms with Crippen LogP contribution in [0.3, 0.4) is 0 Å². The Morgan fingerprint density at radius 2 is 2.00 bits per heavy atom. The first-order chi connectivity index (χ1) is 10.2. The van der Waals surface area contributed by atoms with Crippen molar-refractivity contribution in [1.29, 1.82) is 0 Å². The Hall–Kier alpha value is -2.14. The largest absolute Gasteiger partial charge is 0.494 e. The molecule has 1 heterocycles. The zero-order valence-corrected chi connectivity index (χ0v) is 12.5. The third-order valence-electron chi connectivity index (χ3n) is 3.07. The van der Waals surface area contributed by atoms with E-state index in [4.69, 9.17) is 4.74 Å². The number of aromatic amines is 1. The number of aromatic nitrogens is 2. The van der Waals surface area contributed by atoms with Gasteiger partial charge in [-0.2, -0.15) is 5.10 Å². The van der Waals surface area contributed by atoms with Crippen molar-refractivity contribution >= 4 is 0 Å². The van der Waals surface area contributed by atoms with E-state index in [-0.39, 0.29) is 5.56 Å². The van der Waals surface area contributed by atoms with Crippen LogP contribution < -0.4 is 15.6 Å². The molecule has 5 heteroatoms. The third-order valence-corrected chi connectivity index (χ3v) is 3.07. The van der Waals surface area contributed by atoms with Crippen molar-refractivity contribution in [1.82, 2.24) is 15.5 Å². The number of rotatable bonds is 7. The highest BCUT2D eigenvalue weighted by molar-refractivity contribution is 5.60. The van der Waals surface area contributed by atoms with Crippen LogP contribution in [0.25, 0.3) is 11.3 Å². The molecule has 0 aliphatic heterocycles. The van der Waals surface area contributed by atoms with E-state index in [0.29, 0.717) is 18.7 Å². The average molecular weight is 287 g/mol. The van der Waals surface area contributed by atoms with Gasteiger partial charge in [0.05, 0.1) is 12.3 Å². The predicted molar refractivity (Wildman–Crippen MR) is 83.5 cm³/mol. The Balaban J connectivity index is 2.19. The maximum Gasteiger partial charge on any atom is 0.268 e. The summed E-state index contributed by atoms with van der Waals surface area (Å²) in [6, 6.07) is 9.55. The van der Waals surface area contributed by atoms with Crippen molar-refractivity contribution in [2.45, 2.75) is 26.8 Å². The second-order valence-electron chi connectivity index (χ2n) is 4.76. The zero-order chi connectivity index (χ0) is 15.1. The van der Waals surface area contributed by atoms with Gasteiger partial charge in [-0.3, -0.25) is 4.79 Å². The van der Waals surface area contributed by atoms with Crippen LogP contribution in [0.5, 0.6) is 5.75 Å². The van der Waals surface area contributed by atoms with Crippen LogP contribution in [0.4, 0.5) is 0 Å². The van der Waals surface area contributed by atoms with Crippen molar-refractivity contribution in [2.24, 2.45) is 0 Å². The topological polar surface area (TPSA) is 67.0 Å². The molecule has 0 aliphatic carbocycles. The fourth-order valence-corrected chi connectivity index (χ4v) is 1.93. The molecule has 0 aliphatic rings. The molecule has 5 nitrogen and oxygen atoms in total. The molecule has 0 radical (unpaired) electrons. The molecule has 2 rings (SSSR count). The smallest absolute Gasteiger partial charge is 0.268 e. The van der Waals surface area contributed by atoms with Gasteiger partial charge in [-0.25, -0.2) is 5.10 Å². The van der Waals surface area contributed by atoms with Gasteiger partial charge in [0.15, 0.2) is 0 Å². The van der Waals surface area contributed by atoms with E-state index < -0.39 is 0 Å². The molecule has 0 bridgehead atoms. The summed E-state index contributed by atoms with van der Waals surface area (Å²) in [5, 5.41) is 9.80. The van der Waals surface area contributed by atoms with Crippen LogP contribution in [0, 0.1) is 0 Å². The number of benzene rings is 1. The summed E-state index contributed by atoms with van der Waals surface area (Å²) in [5.41, 5.74) is 2.24. The maximum atomic E-state index is 11.7. The number of ether oxygens (including phenoxy) is 1. The molecule has 1 aromatic heterocycles. The van der Waals surface area contributed by atoms with Gasteiger partial charge in [-0.15, -0.1) is 0 Å². The second kappa shape index (κ2) is 7.59. The predicted octanol–water partition coefficient (Wildman–Crippen LogP) is 2.34. The SMILES string of the molecule is CCCOc1ccc(-c2cc(CNCC)c(=O)[nH]n2)cc1. The molecule has 0 amide bonds. The van der Waals surface area contributed by atoms with Crippen molar-refractivity contribution in [3.8, 4) is 17.0 Å². The van der Waals surface area contributed by atoms with E-state index in [0.717, 1.165) is 30.0 Å². The average Bonchev–Trinajstić information content (AvgIpc) is 2.53. The molecule has 0 saturated carbocycles. The van der Waals surface area contributed by atoms with Crippen LogP contribution in [0.2, 0.25) is 0 Å². The van der Waals surface area contributed by atoms with Gasteiger partial charge in [-0.05, 0) is 43.3 Å². The van der Waals surface area contributed by atoms with E-state index in [1.54, 1.807) is 0 Å². The van der Waals surface area contributed by atoms with Gasteiger partial charge in [-0.1, -0.05) is 13.8 Å². The first kappa shape index (κ1) is 15.3. The zero-order valence-electron chi connectivity index (χ0n) is 12.5. The number of hydrogen-bond acceptors (Lipinski definition) is 4. The molecule has 112 valence electrons. The lowest BCUT2D eigenvalue weighted by Gasteiger charge is -2.07. The molecular formula is C16H21N3O2. The van der Waals surface area contributed by atoms with Gasteiger partial charge < -0.3 is 10.1 Å². The number of nitrogens with zero attached hydrogens (tertiary/aromatic N) is 1. The monoisotopic (exact) mass is 287 g/mol. The summed E-state index contributed by atoms with van der Waals surface area (Å²) in [4.78, 5) is 11.7. The summed E-state index contributed by atoms with van der Waals surface area (Å²) in [7, 11) is 0. The molecule has 0 unspecified atom stereocenters. The van der Waals surface area contributed by atoms with Crippen molar-refractivity contribution in [2.75, 3.05) is 13.2 Å². The van der Waals surface area contributed by atoms with Crippen LogP contribution in [0.15, 0.2) is 35.1 Å². The number of nitrogens with one attached hydrogen (secondary N) is 2. The minimum Gasteiger partial charge on any atom is -0.494 e. The molecule has 0 saturated heterocycles. The van der Waals surface area contributed by atoms with Crippen LogP contribution >= 0.6 is 0 Å². The third kappa shape index (κ3) is 4.16. The van der Waals surface area contributed by atoms with Gasteiger partial charge in [0.25, 0.3) is 5.56 Å². The Morgan fingerprint density at radius 3 is 2.67 bits per heavy atom. The Labute approximate surface area is 124 Å². The van der Waals surface area contributed by atoms with Crippen molar-refractivity contribution in [3.05, 3.63) is 46.2 Å². The van der Waals surface area contributed by atoms with Gasteiger partial charge >= 0.3 is 0 Å². The second-order valence-corrected chi connectivity index (χ2v) is 4.76. The van der Waals surface area contributed by atoms with Crippen molar-refractivity contribution < 1.29 is 4.74 Å². The van der Waals surface area contributed by atoms with Crippen LogP contribution in [-0.2, 0) is 6.54 Å². The molecule has 0 atom stereocenters. The minimum absolute atomic E-state index is 0.150. The summed E-state index contributed by atoms with van der Waals surface area (Å²) < 4.78 is 5.55. The normalized spacial score (nSPS) is 10.6. The number of H-pyrrole nitrogens is 1. The summed E-state index contributed by atoms with van der Waals surface area (Å²) in [5.74, 6) is 0.845. The molecule has 2 N–H and O–H groups in total. The Kier molecular flexibility index (Phi) is 5.51. The fraction of sp³-hybridized carbons (Fsp3) is 0.375. The van der Waals surface area contributed by atoms with E-state index >= 15 is 0 Å². The quantitative estimate of drug-likeness (QED) is 0.820. The maximum absolute atomic E-state index is 11.7. The van der Waals surface area contributed by atoms with Gasteiger partial charge in [0.2, 0.25) is 0 Å². The van der Waals surface area contributed by atoms with Gasteiger partial charge in [0.1, 0.15) is 5.75 Å². The highest BCUT2D eigenvalue weighted by atomic mass is 16.5. The van der Waals surface area contributed by atoms with Crippen molar-refractivity contribution in [3.63, 3.8) is 0 Å².